The summed E-state index contributed by atoms with van der Waals surface area (Å²) in [5, 5.41) is 10.1. The van der Waals surface area contributed by atoms with Crippen molar-refractivity contribution in [3.63, 3.8) is 0 Å². The molecule has 0 aliphatic heterocycles. The number of rotatable bonds is 7. The van der Waals surface area contributed by atoms with E-state index >= 15 is 0 Å². The monoisotopic (exact) mass is 436 g/mol. The van der Waals surface area contributed by atoms with Gasteiger partial charge in [0.15, 0.2) is 11.9 Å². The summed E-state index contributed by atoms with van der Waals surface area (Å²) in [6.45, 7) is 1.60. The molecular weight excluding hydrogens is 419 g/mol. The number of hydrogen-bond acceptors (Lipinski definition) is 6. The van der Waals surface area contributed by atoms with E-state index in [9.17, 15) is 4.79 Å². The quantitative estimate of drug-likeness (QED) is 0.575. The maximum atomic E-state index is 12.4. The molecule has 3 rings (SSSR count). The lowest BCUT2D eigenvalue weighted by atomic mass is 10.2. The van der Waals surface area contributed by atoms with Gasteiger partial charge in [0.05, 0.1) is 29.8 Å². The van der Waals surface area contributed by atoms with Crippen molar-refractivity contribution in [2.75, 3.05) is 19.5 Å². The fraction of sp³-hybridized carbons (Fsp3) is 0.211. The van der Waals surface area contributed by atoms with Crippen LogP contribution in [0.1, 0.15) is 6.92 Å². The summed E-state index contributed by atoms with van der Waals surface area (Å²) in [5.74, 6) is 1.72. The molecule has 152 valence electrons. The van der Waals surface area contributed by atoms with Crippen LogP contribution >= 0.6 is 23.2 Å². The predicted octanol–water partition coefficient (Wildman–Crippen LogP) is 4.20. The van der Waals surface area contributed by atoms with Gasteiger partial charge < -0.3 is 14.2 Å². The number of nitrogens with one attached hydrogen (secondary N) is 2. The summed E-state index contributed by atoms with van der Waals surface area (Å²) in [5.41, 5.74) is 0.668. The number of carbonyl (C=O) groups is 1. The number of methoxy groups -OCH3 is 2. The Balaban J connectivity index is 1.69. The molecule has 29 heavy (non-hydrogen) atoms. The molecule has 1 heterocycles. The molecule has 0 radical (unpaired) electrons. The predicted molar refractivity (Wildman–Crippen MR) is 110 cm³/mol. The van der Waals surface area contributed by atoms with Crippen LogP contribution in [0, 0.1) is 0 Å². The van der Waals surface area contributed by atoms with E-state index in [2.05, 4.69) is 20.5 Å². The smallest absolute Gasteiger partial charge is 0.267 e. The van der Waals surface area contributed by atoms with Gasteiger partial charge in [-0.1, -0.05) is 23.2 Å². The first-order valence-corrected chi connectivity index (χ1v) is 9.24. The number of halogens is 2. The number of aromatic nitrogens is 3. The second kappa shape index (κ2) is 9.02. The highest BCUT2D eigenvalue weighted by molar-refractivity contribution is 6.42. The van der Waals surface area contributed by atoms with Crippen molar-refractivity contribution < 1.29 is 19.0 Å². The van der Waals surface area contributed by atoms with Crippen molar-refractivity contribution in [3.8, 4) is 28.6 Å². The number of ether oxygens (including phenoxy) is 3. The van der Waals surface area contributed by atoms with E-state index in [0.29, 0.717) is 38.7 Å². The van der Waals surface area contributed by atoms with Crippen molar-refractivity contribution in [1.82, 2.24) is 15.2 Å². The molecule has 0 fully saturated rings. The number of nitrogens with zero attached hydrogens (tertiary/aromatic N) is 2. The van der Waals surface area contributed by atoms with Crippen LogP contribution in [-0.4, -0.2) is 41.4 Å². The van der Waals surface area contributed by atoms with E-state index in [1.807, 2.05) is 0 Å². The zero-order chi connectivity index (χ0) is 21.0. The van der Waals surface area contributed by atoms with Gasteiger partial charge in [0.2, 0.25) is 5.95 Å². The molecule has 8 nitrogen and oxygen atoms in total. The summed E-state index contributed by atoms with van der Waals surface area (Å²) in [4.78, 5) is 16.7. The molecule has 2 N–H and O–H groups in total. The molecule has 0 bridgehead atoms. The largest absolute Gasteiger partial charge is 0.497 e. The Labute approximate surface area is 177 Å². The third kappa shape index (κ3) is 4.90. The Morgan fingerprint density at radius 3 is 2.52 bits per heavy atom. The van der Waals surface area contributed by atoms with Crippen LogP contribution in [0.5, 0.6) is 17.2 Å². The normalized spacial score (nSPS) is 11.6. The van der Waals surface area contributed by atoms with Crippen LogP contribution in [-0.2, 0) is 4.79 Å². The summed E-state index contributed by atoms with van der Waals surface area (Å²) < 4.78 is 16.1. The standard InChI is InChI=1S/C19H18Cl2N4O4/c1-10(29-12-5-7-14(20)15(21)8-12)18(26)23-19-22-17(24-25-19)13-6-4-11(27-2)9-16(13)28-3/h4-10H,1-3H3,(H2,22,23,24,25,26). The van der Waals surface area contributed by atoms with Gasteiger partial charge in [-0.15, -0.1) is 5.10 Å². The molecule has 1 atom stereocenters. The van der Waals surface area contributed by atoms with Gasteiger partial charge in [0.25, 0.3) is 5.91 Å². The molecule has 3 aromatic rings. The average molecular weight is 437 g/mol. The summed E-state index contributed by atoms with van der Waals surface area (Å²) in [6, 6.07) is 10.0. The fourth-order valence-electron chi connectivity index (χ4n) is 2.45. The van der Waals surface area contributed by atoms with Gasteiger partial charge in [-0.2, -0.15) is 4.98 Å². The molecule has 0 saturated heterocycles. The average Bonchev–Trinajstić information content (AvgIpc) is 3.18. The first kappa shape index (κ1) is 20.8. The topological polar surface area (TPSA) is 98.4 Å². The third-order valence-corrected chi connectivity index (χ3v) is 4.70. The first-order chi connectivity index (χ1) is 13.9. The Bertz CT molecular complexity index is 1030. The maximum Gasteiger partial charge on any atom is 0.267 e. The van der Waals surface area contributed by atoms with Gasteiger partial charge in [-0.05, 0) is 31.2 Å². The van der Waals surface area contributed by atoms with Crippen molar-refractivity contribution in [2.24, 2.45) is 0 Å². The molecular formula is C19H18Cl2N4O4. The SMILES string of the molecule is COc1ccc(-c2nc(NC(=O)C(C)Oc3ccc(Cl)c(Cl)c3)n[nH]2)c(OC)c1. The molecule has 1 aromatic heterocycles. The number of hydrogen-bond donors (Lipinski definition) is 2. The number of carbonyl (C=O) groups excluding carboxylic acids is 1. The Morgan fingerprint density at radius 2 is 1.83 bits per heavy atom. The van der Waals surface area contributed by atoms with E-state index in [1.54, 1.807) is 51.5 Å². The molecule has 0 aliphatic carbocycles. The van der Waals surface area contributed by atoms with E-state index < -0.39 is 12.0 Å². The van der Waals surface area contributed by atoms with Crippen molar-refractivity contribution >= 4 is 35.1 Å². The van der Waals surface area contributed by atoms with E-state index in [0.717, 1.165) is 0 Å². The van der Waals surface area contributed by atoms with Crippen LogP contribution in [0.25, 0.3) is 11.4 Å². The summed E-state index contributed by atoms with van der Waals surface area (Å²) in [6.07, 6.45) is -0.815. The molecule has 1 unspecified atom stereocenters. The molecule has 1 amide bonds. The number of aromatic amines is 1. The van der Waals surface area contributed by atoms with E-state index in [-0.39, 0.29) is 5.95 Å². The van der Waals surface area contributed by atoms with Crippen molar-refractivity contribution in [2.45, 2.75) is 13.0 Å². The van der Waals surface area contributed by atoms with E-state index in [1.165, 1.54) is 6.07 Å². The molecule has 0 saturated carbocycles. The van der Waals surface area contributed by atoms with Gasteiger partial charge in [0, 0.05) is 12.1 Å². The van der Waals surface area contributed by atoms with Gasteiger partial charge in [0.1, 0.15) is 17.2 Å². The minimum Gasteiger partial charge on any atom is -0.497 e. The number of benzene rings is 2. The second-order valence-electron chi connectivity index (χ2n) is 5.90. The lowest BCUT2D eigenvalue weighted by Gasteiger charge is -2.13. The Hall–Kier alpha value is -2.97. The van der Waals surface area contributed by atoms with Gasteiger partial charge in [-0.3, -0.25) is 15.2 Å². The highest BCUT2D eigenvalue weighted by Crippen LogP contribution is 2.31. The second-order valence-corrected chi connectivity index (χ2v) is 6.71. The molecule has 0 spiro atoms. The Morgan fingerprint density at radius 1 is 1.07 bits per heavy atom. The van der Waals surface area contributed by atoms with Crippen molar-refractivity contribution in [3.05, 3.63) is 46.4 Å². The van der Waals surface area contributed by atoms with E-state index in [4.69, 9.17) is 37.4 Å². The van der Waals surface area contributed by atoms with Gasteiger partial charge >= 0.3 is 0 Å². The van der Waals surface area contributed by atoms with Crippen LogP contribution in [0.3, 0.4) is 0 Å². The summed E-state index contributed by atoms with van der Waals surface area (Å²) >= 11 is 11.8. The number of anilines is 1. The number of amides is 1. The van der Waals surface area contributed by atoms with Crippen LogP contribution in [0.2, 0.25) is 10.0 Å². The minimum atomic E-state index is -0.815. The fourth-order valence-corrected chi connectivity index (χ4v) is 2.74. The van der Waals surface area contributed by atoms with Crippen molar-refractivity contribution in [1.29, 1.82) is 0 Å². The van der Waals surface area contributed by atoms with Crippen LogP contribution in [0.4, 0.5) is 5.95 Å². The summed E-state index contributed by atoms with van der Waals surface area (Å²) in [7, 11) is 3.11. The minimum absolute atomic E-state index is 0.104. The van der Waals surface area contributed by atoms with Crippen LogP contribution in [0.15, 0.2) is 36.4 Å². The lowest BCUT2D eigenvalue weighted by Crippen LogP contribution is -2.30. The molecule has 2 aromatic carbocycles. The number of H-pyrrole nitrogens is 1. The van der Waals surface area contributed by atoms with Crippen LogP contribution < -0.4 is 19.5 Å². The lowest BCUT2D eigenvalue weighted by molar-refractivity contribution is -0.122. The Kier molecular flexibility index (Phi) is 6.46. The zero-order valence-electron chi connectivity index (χ0n) is 15.8. The molecule has 0 aliphatic rings. The third-order valence-electron chi connectivity index (χ3n) is 3.96. The first-order valence-electron chi connectivity index (χ1n) is 8.48. The highest BCUT2D eigenvalue weighted by atomic mass is 35.5. The highest BCUT2D eigenvalue weighted by Gasteiger charge is 2.19. The van der Waals surface area contributed by atoms with Gasteiger partial charge in [-0.25, -0.2) is 0 Å². The maximum absolute atomic E-state index is 12.4. The zero-order valence-corrected chi connectivity index (χ0v) is 17.3. The molecule has 10 heteroatoms.